The standard InChI is InChI=1S/C17H22N6O/c1-3-4-8-15-10-6-11-22(15)17(24)18-14-7-5-9-16(12-14)23-13(2)19-20-21-23/h5-7,9-10,12,15H,3-4,8,11H2,1-2H3,(H,18,24)/t15-/m1/s1. The lowest BCUT2D eigenvalue weighted by Gasteiger charge is -2.25. The molecule has 2 aromatic rings. The zero-order chi connectivity index (χ0) is 16.9. The van der Waals surface area contributed by atoms with Crippen LogP contribution in [-0.4, -0.2) is 43.7 Å². The number of anilines is 1. The minimum Gasteiger partial charge on any atom is -0.314 e. The largest absolute Gasteiger partial charge is 0.322 e. The van der Waals surface area contributed by atoms with Crippen LogP contribution in [0.25, 0.3) is 5.69 Å². The molecule has 2 heterocycles. The van der Waals surface area contributed by atoms with E-state index in [-0.39, 0.29) is 12.1 Å². The van der Waals surface area contributed by atoms with Crippen molar-refractivity contribution in [3.63, 3.8) is 0 Å². The zero-order valence-corrected chi connectivity index (χ0v) is 14.0. The number of unbranched alkanes of at least 4 members (excludes halogenated alkanes) is 1. The summed E-state index contributed by atoms with van der Waals surface area (Å²) in [5.41, 5.74) is 1.55. The highest BCUT2D eigenvalue weighted by molar-refractivity contribution is 5.90. The second-order valence-electron chi connectivity index (χ2n) is 5.91. The van der Waals surface area contributed by atoms with E-state index in [1.165, 1.54) is 0 Å². The van der Waals surface area contributed by atoms with Gasteiger partial charge in [0.2, 0.25) is 0 Å². The number of nitrogens with zero attached hydrogens (tertiary/aromatic N) is 5. The van der Waals surface area contributed by atoms with Crippen LogP contribution in [-0.2, 0) is 0 Å². The molecule has 126 valence electrons. The second-order valence-corrected chi connectivity index (χ2v) is 5.91. The first kappa shape index (κ1) is 16.2. The molecule has 2 amide bonds. The first-order valence-electron chi connectivity index (χ1n) is 8.28. The third-order valence-electron chi connectivity index (χ3n) is 4.14. The number of urea groups is 1. The number of rotatable bonds is 5. The van der Waals surface area contributed by atoms with Gasteiger partial charge in [0.05, 0.1) is 11.7 Å². The molecule has 0 radical (unpaired) electrons. The van der Waals surface area contributed by atoms with Crippen molar-refractivity contribution in [2.45, 2.75) is 39.2 Å². The quantitative estimate of drug-likeness (QED) is 0.857. The van der Waals surface area contributed by atoms with E-state index in [2.05, 4.69) is 39.9 Å². The molecule has 0 spiro atoms. The molecule has 1 aliphatic rings. The van der Waals surface area contributed by atoms with Crippen LogP contribution in [0.5, 0.6) is 0 Å². The van der Waals surface area contributed by atoms with Crippen molar-refractivity contribution in [3.05, 3.63) is 42.2 Å². The van der Waals surface area contributed by atoms with Crippen LogP contribution in [0.2, 0.25) is 0 Å². The summed E-state index contributed by atoms with van der Waals surface area (Å²) in [6.45, 7) is 4.65. The summed E-state index contributed by atoms with van der Waals surface area (Å²) in [6.07, 6.45) is 7.43. The highest BCUT2D eigenvalue weighted by Gasteiger charge is 2.24. The van der Waals surface area contributed by atoms with Gasteiger partial charge in [-0.25, -0.2) is 4.79 Å². The number of nitrogens with one attached hydrogen (secondary N) is 1. The summed E-state index contributed by atoms with van der Waals surface area (Å²) >= 11 is 0. The van der Waals surface area contributed by atoms with Gasteiger partial charge in [-0.15, -0.1) is 5.10 Å². The van der Waals surface area contributed by atoms with Crippen molar-refractivity contribution in [2.24, 2.45) is 0 Å². The average molecular weight is 326 g/mol. The monoisotopic (exact) mass is 326 g/mol. The minimum absolute atomic E-state index is 0.0771. The van der Waals surface area contributed by atoms with Crippen LogP contribution in [0.1, 0.15) is 32.0 Å². The molecule has 7 nitrogen and oxygen atoms in total. The maximum atomic E-state index is 12.6. The highest BCUT2D eigenvalue weighted by atomic mass is 16.2. The van der Waals surface area contributed by atoms with Crippen LogP contribution in [0, 0.1) is 6.92 Å². The summed E-state index contributed by atoms with van der Waals surface area (Å²) in [7, 11) is 0. The summed E-state index contributed by atoms with van der Waals surface area (Å²) in [5, 5.41) is 14.5. The van der Waals surface area contributed by atoms with Gasteiger partial charge in [-0.2, -0.15) is 4.68 Å². The fourth-order valence-corrected chi connectivity index (χ4v) is 2.85. The van der Waals surface area contributed by atoms with E-state index in [0.29, 0.717) is 12.4 Å². The predicted octanol–water partition coefficient (Wildman–Crippen LogP) is 2.93. The van der Waals surface area contributed by atoms with E-state index in [0.717, 1.165) is 30.6 Å². The first-order chi connectivity index (χ1) is 11.7. The van der Waals surface area contributed by atoms with Crippen LogP contribution >= 0.6 is 0 Å². The number of aromatic nitrogens is 4. The maximum absolute atomic E-state index is 12.6. The Morgan fingerprint density at radius 1 is 1.42 bits per heavy atom. The Kier molecular flexibility index (Phi) is 4.88. The number of benzene rings is 1. The molecule has 1 aromatic carbocycles. The Labute approximate surface area is 141 Å². The number of carbonyl (C=O) groups excluding carboxylic acids is 1. The first-order valence-corrected chi connectivity index (χ1v) is 8.28. The molecule has 7 heteroatoms. The lowest BCUT2D eigenvalue weighted by Crippen LogP contribution is -2.39. The zero-order valence-electron chi connectivity index (χ0n) is 14.0. The smallest absolute Gasteiger partial charge is 0.314 e. The maximum Gasteiger partial charge on any atom is 0.322 e. The Morgan fingerprint density at radius 2 is 2.29 bits per heavy atom. The summed E-state index contributed by atoms with van der Waals surface area (Å²) < 4.78 is 1.64. The number of tetrazole rings is 1. The molecule has 0 saturated heterocycles. The number of carbonyl (C=O) groups is 1. The average Bonchev–Trinajstić information content (AvgIpc) is 3.21. The SMILES string of the molecule is CCCC[C@@H]1C=CCN1C(=O)Nc1cccc(-n2nnnc2C)c1. The molecule has 1 aliphatic heterocycles. The number of hydrogen-bond acceptors (Lipinski definition) is 4. The van der Waals surface area contributed by atoms with Crippen molar-refractivity contribution < 1.29 is 4.79 Å². The number of aryl methyl sites for hydroxylation is 1. The van der Waals surface area contributed by atoms with Crippen LogP contribution < -0.4 is 5.32 Å². The molecule has 0 unspecified atom stereocenters. The van der Waals surface area contributed by atoms with Gasteiger partial charge in [-0.3, -0.25) is 0 Å². The molecule has 3 rings (SSSR count). The molecular formula is C17H22N6O. The van der Waals surface area contributed by atoms with Gasteiger partial charge < -0.3 is 10.2 Å². The normalized spacial score (nSPS) is 16.6. The lowest BCUT2D eigenvalue weighted by atomic mass is 10.1. The van der Waals surface area contributed by atoms with E-state index in [9.17, 15) is 4.79 Å². The van der Waals surface area contributed by atoms with Crippen LogP contribution in [0.4, 0.5) is 10.5 Å². The van der Waals surface area contributed by atoms with E-state index < -0.39 is 0 Å². The Bertz CT molecular complexity index is 738. The third kappa shape index (κ3) is 3.45. The fraction of sp³-hybridized carbons (Fsp3) is 0.412. The van der Waals surface area contributed by atoms with Gasteiger partial charge in [-0.05, 0) is 42.0 Å². The lowest BCUT2D eigenvalue weighted by molar-refractivity contribution is 0.208. The molecule has 1 atom stereocenters. The summed E-state index contributed by atoms with van der Waals surface area (Å²) in [4.78, 5) is 14.4. The topological polar surface area (TPSA) is 75.9 Å². The Balaban J connectivity index is 1.70. The second kappa shape index (κ2) is 7.25. The van der Waals surface area contributed by atoms with Crippen LogP contribution in [0.15, 0.2) is 36.4 Å². The molecular weight excluding hydrogens is 304 g/mol. The van der Waals surface area contributed by atoms with E-state index >= 15 is 0 Å². The van der Waals surface area contributed by atoms with Gasteiger partial charge in [0.25, 0.3) is 0 Å². The van der Waals surface area contributed by atoms with Gasteiger partial charge in [-0.1, -0.05) is 38.0 Å². The highest BCUT2D eigenvalue weighted by Crippen LogP contribution is 2.19. The van der Waals surface area contributed by atoms with Crippen molar-refractivity contribution in [3.8, 4) is 5.69 Å². The number of amides is 2. The molecule has 0 aliphatic carbocycles. The van der Waals surface area contributed by atoms with Gasteiger partial charge in [0.15, 0.2) is 5.82 Å². The fourth-order valence-electron chi connectivity index (χ4n) is 2.85. The molecule has 0 fully saturated rings. The summed E-state index contributed by atoms with van der Waals surface area (Å²) in [5.74, 6) is 0.696. The van der Waals surface area contributed by atoms with Crippen molar-refractivity contribution in [2.75, 3.05) is 11.9 Å². The molecule has 0 bridgehead atoms. The summed E-state index contributed by atoms with van der Waals surface area (Å²) in [6, 6.07) is 7.63. The van der Waals surface area contributed by atoms with Crippen molar-refractivity contribution >= 4 is 11.7 Å². The molecule has 0 saturated carbocycles. The molecule has 1 aromatic heterocycles. The van der Waals surface area contributed by atoms with E-state index in [1.54, 1.807) is 4.68 Å². The molecule has 1 N–H and O–H groups in total. The predicted molar refractivity (Wildman–Crippen MR) is 92.1 cm³/mol. The van der Waals surface area contributed by atoms with Gasteiger partial charge >= 0.3 is 6.03 Å². The van der Waals surface area contributed by atoms with E-state index in [4.69, 9.17) is 0 Å². The van der Waals surface area contributed by atoms with Gasteiger partial charge in [0.1, 0.15) is 0 Å². The Hall–Kier alpha value is -2.70. The molecule has 24 heavy (non-hydrogen) atoms. The minimum atomic E-state index is -0.0771. The van der Waals surface area contributed by atoms with Crippen molar-refractivity contribution in [1.29, 1.82) is 0 Å². The number of hydrogen-bond donors (Lipinski definition) is 1. The van der Waals surface area contributed by atoms with E-state index in [1.807, 2.05) is 36.1 Å². The van der Waals surface area contributed by atoms with Crippen LogP contribution in [0.3, 0.4) is 0 Å². The van der Waals surface area contributed by atoms with Gasteiger partial charge in [0, 0.05) is 12.2 Å². The Morgan fingerprint density at radius 3 is 3.04 bits per heavy atom. The van der Waals surface area contributed by atoms with Crippen molar-refractivity contribution in [1.82, 2.24) is 25.1 Å². The third-order valence-corrected chi connectivity index (χ3v) is 4.14.